The molecular formula is C16H23F3N2O2. The molecule has 7 heteroatoms. The van der Waals surface area contributed by atoms with Gasteiger partial charge in [-0.3, -0.25) is 4.79 Å². The van der Waals surface area contributed by atoms with Crippen molar-refractivity contribution in [1.82, 2.24) is 4.90 Å². The molecule has 0 radical (unpaired) electrons. The van der Waals surface area contributed by atoms with Crippen molar-refractivity contribution in [1.29, 1.82) is 0 Å². The zero-order valence-corrected chi connectivity index (χ0v) is 13.6. The number of amides is 1. The summed E-state index contributed by atoms with van der Waals surface area (Å²) in [6.45, 7) is 3.60. The minimum absolute atomic E-state index is 0.174. The first-order valence-electron chi connectivity index (χ1n) is 7.40. The van der Waals surface area contributed by atoms with E-state index in [2.05, 4.69) is 5.32 Å². The van der Waals surface area contributed by atoms with Gasteiger partial charge in [0.25, 0.3) is 0 Å². The number of carbonyl (C=O) groups is 1. The molecule has 2 N–H and O–H groups in total. The summed E-state index contributed by atoms with van der Waals surface area (Å²) in [6.07, 6.45) is -6.36. The highest BCUT2D eigenvalue weighted by molar-refractivity contribution is 5.92. The lowest BCUT2D eigenvalue weighted by Gasteiger charge is -2.22. The number of nitrogens with zero attached hydrogens (tertiary/aromatic N) is 1. The average molecular weight is 332 g/mol. The van der Waals surface area contributed by atoms with Gasteiger partial charge in [-0.2, -0.15) is 13.2 Å². The Morgan fingerprint density at radius 2 is 1.87 bits per heavy atom. The maximum atomic E-state index is 12.2. The van der Waals surface area contributed by atoms with Gasteiger partial charge in [-0.15, -0.1) is 0 Å². The summed E-state index contributed by atoms with van der Waals surface area (Å²) in [5.74, 6) is -0.174. The van der Waals surface area contributed by atoms with E-state index in [0.29, 0.717) is 13.0 Å². The molecule has 0 aliphatic heterocycles. The highest BCUT2D eigenvalue weighted by Gasteiger charge is 2.38. The van der Waals surface area contributed by atoms with E-state index in [0.717, 1.165) is 16.8 Å². The van der Waals surface area contributed by atoms with E-state index in [4.69, 9.17) is 5.11 Å². The van der Waals surface area contributed by atoms with Crippen molar-refractivity contribution in [3.8, 4) is 0 Å². The Morgan fingerprint density at radius 1 is 1.30 bits per heavy atom. The second kappa shape index (κ2) is 8.31. The van der Waals surface area contributed by atoms with Crippen molar-refractivity contribution in [2.24, 2.45) is 0 Å². The summed E-state index contributed by atoms with van der Waals surface area (Å²) in [4.78, 5) is 13.3. The molecule has 1 aromatic rings. The van der Waals surface area contributed by atoms with E-state index in [9.17, 15) is 18.0 Å². The maximum absolute atomic E-state index is 12.2. The number of carbonyl (C=O) groups excluding carboxylic acids is 1. The number of para-hydroxylation sites is 1. The van der Waals surface area contributed by atoms with Gasteiger partial charge in [0.15, 0.2) is 6.10 Å². The van der Waals surface area contributed by atoms with Crippen molar-refractivity contribution >= 4 is 11.6 Å². The zero-order valence-electron chi connectivity index (χ0n) is 13.6. The summed E-state index contributed by atoms with van der Waals surface area (Å²) in [6, 6.07) is 5.70. The average Bonchev–Trinajstić information content (AvgIpc) is 2.42. The number of hydrogen-bond donors (Lipinski definition) is 2. The number of anilines is 1. The molecule has 130 valence electrons. The molecule has 0 aromatic heterocycles. The van der Waals surface area contributed by atoms with Gasteiger partial charge in [-0.05, 0) is 45.0 Å². The Bertz CT molecular complexity index is 512. The Hall–Kier alpha value is -1.60. The van der Waals surface area contributed by atoms with Crippen molar-refractivity contribution in [2.75, 3.05) is 25.5 Å². The van der Waals surface area contributed by atoms with E-state index in [1.165, 1.54) is 11.9 Å². The van der Waals surface area contributed by atoms with Crippen LogP contribution < -0.4 is 5.32 Å². The molecule has 1 aromatic carbocycles. The third-order valence-electron chi connectivity index (χ3n) is 3.55. The summed E-state index contributed by atoms with van der Waals surface area (Å²) < 4.78 is 36.7. The number of halogens is 3. The van der Waals surface area contributed by atoms with Crippen LogP contribution in [0.3, 0.4) is 0 Å². The number of nitrogens with one attached hydrogen (secondary N) is 1. The SMILES string of the molecule is Cc1cccc(C)c1NC(=O)CCCN(C)CC(O)C(F)(F)F. The van der Waals surface area contributed by atoms with Gasteiger partial charge in [0.2, 0.25) is 5.91 Å². The second-order valence-corrected chi connectivity index (χ2v) is 5.74. The molecule has 1 unspecified atom stereocenters. The van der Waals surface area contributed by atoms with Gasteiger partial charge >= 0.3 is 6.18 Å². The number of aryl methyl sites for hydroxylation is 2. The third kappa shape index (κ3) is 6.58. The molecule has 0 bridgehead atoms. The lowest BCUT2D eigenvalue weighted by atomic mass is 10.1. The number of hydrogen-bond acceptors (Lipinski definition) is 3. The molecule has 0 aliphatic carbocycles. The molecule has 0 saturated heterocycles. The topological polar surface area (TPSA) is 52.6 Å². The van der Waals surface area contributed by atoms with Crippen LogP contribution in [0, 0.1) is 13.8 Å². The minimum Gasteiger partial charge on any atom is -0.382 e. The van der Waals surface area contributed by atoms with Crippen LogP contribution >= 0.6 is 0 Å². The molecule has 0 heterocycles. The van der Waals surface area contributed by atoms with Crippen LogP contribution in [0.2, 0.25) is 0 Å². The standard InChI is InChI=1S/C16H23F3N2O2/c1-11-6-4-7-12(2)15(11)20-14(23)8-5-9-21(3)10-13(22)16(17,18)19/h4,6-7,13,22H,5,8-10H2,1-3H3,(H,20,23). The Labute approximate surface area is 134 Å². The molecule has 4 nitrogen and oxygen atoms in total. The largest absolute Gasteiger partial charge is 0.415 e. The van der Waals surface area contributed by atoms with E-state index < -0.39 is 18.8 Å². The highest BCUT2D eigenvalue weighted by Crippen LogP contribution is 2.21. The first-order valence-corrected chi connectivity index (χ1v) is 7.40. The van der Waals surface area contributed by atoms with Gasteiger partial charge in [-0.1, -0.05) is 18.2 Å². The minimum atomic E-state index is -4.62. The molecule has 1 amide bonds. The van der Waals surface area contributed by atoms with Crippen molar-refractivity contribution in [3.05, 3.63) is 29.3 Å². The van der Waals surface area contributed by atoms with E-state index >= 15 is 0 Å². The van der Waals surface area contributed by atoms with E-state index in [1.807, 2.05) is 32.0 Å². The summed E-state index contributed by atoms with van der Waals surface area (Å²) in [5, 5.41) is 11.8. The van der Waals surface area contributed by atoms with E-state index in [1.54, 1.807) is 0 Å². The predicted octanol–water partition coefficient (Wildman–Crippen LogP) is 2.88. The first-order chi connectivity index (χ1) is 10.6. The first kappa shape index (κ1) is 19.4. The van der Waals surface area contributed by atoms with Crippen LogP contribution in [0.4, 0.5) is 18.9 Å². The van der Waals surface area contributed by atoms with Gasteiger partial charge in [0.1, 0.15) is 0 Å². The molecule has 0 spiro atoms. The molecule has 1 rings (SSSR count). The van der Waals surface area contributed by atoms with Crippen molar-refractivity contribution in [3.63, 3.8) is 0 Å². The van der Waals surface area contributed by atoms with Gasteiger partial charge in [0.05, 0.1) is 0 Å². The lowest BCUT2D eigenvalue weighted by molar-refractivity contribution is -0.207. The van der Waals surface area contributed by atoms with E-state index in [-0.39, 0.29) is 12.3 Å². The highest BCUT2D eigenvalue weighted by atomic mass is 19.4. The number of aliphatic hydroxyl groups excluding tert-OH is 1. The summed E-state index contributed by atoms with van der Waals surface area (Å²) in [5.41, 5.74) is 2.70. The van der Waals surface area contributed by atoms with Gasteiger partial charge < -0.3 is 15.3 Å². The number of benzene rings is 1. The third-order valence-corrected chi connectivity index (χ3v) is 3.55. The Morgan fingerprint density at radius 3 is 2.39 bits per heavy atom. The van der Waals surface area contributed by atoms with Gasteiger partial charge in [-0.25, -0.2) is 0 Å². The fourth-order valence-electron chi connectivity index (χ4n) is 2.21. The fourth-order valence-corrected chi connectivity index (χ4v) is 2.21. The van der Waals surface area contributed by atoms with Crippen LogP contribution in [0.5, 0.6) is 0 Å². The van der Waals surface area contributed by atoms with Crippen LogP contribution in [0.25, 0.3) is 0 Å². The molecule has 0 saturated carbocycles. The summed E-state index contributed by atoms with van der Waals surface area (Å²) >= 11 is 0. The van der Waals surface area contributed by atoms with Crippen molar-refractivity contribution < 1.29 is 23.1 Å². The lowest BCUT2D eigenvalue weighted by Crippen LogP contribution is -2.39. The second-order valence-electron chi connectivity index (χ2n) is 5.74. The van der Waals surface area contributed by atoms with Crippen LogP contribution in [-0.4, -0.2) is 48.3 Å². The smallest absolute Gasteiger partial charge is 0.382 e. The summed E-state index contributed by atoms with van der Waals surface area (Å²) in [7, 11) is 1.48. The number of alkyl halides is 3. The quantitative estimate of drug-likeness (QED) is 0.807. The van der Waals surface area contributed by atoms with Crippen LogP contribution in [-0.2, 0) is 4.79 Å². The molecule has 23 heavy (non-hydrogen) atoms. The maximum Gasteiger partial charge on any atom is 0.415 e. The molecule has 1 atom stereocenters. The van der Waals surface area contributed by atoms with Gasteiger partial charge in [0, 0.05) is 18.7 Å². The normalized spacial score (nSPS) is 13.2. The predicted molar refractivity (Wildman–Crippen MR) is 83.3 cm³/mol. The monoisotopic (exact) mass is 332 g/mol. The number of likely N-dealkylation sites (N-methyl/N-ethyl adjacent to an activating group) is 1. The zero-order chi connectivity index (χ0) is 17.6. The molecule has 0 aliphatic rings. The number of aliphatic hydroxyl groups is 1. The fraction of sp³-hybridized carbons (Fsp3) is 0.562. The van der Waals surface area contributed by atoms with Crippen molar-refractivity contribution in [2.45, 2.75) is 39.0 Å². The van der Waals surface area contributed by atoms with Crippen LogP contribution in [0.15, 0.2) is 18.2 Å². The molecular weight excluding hydrogens is 309 g/mol. The number of rotatable bonds is 7. The molecule has 0 fully saturated rings. The Kier molecular flexibility index (Phi) is 7.02. The van der Waals surface area contributed by atoms with Crippen LogP contribution in [0.1, 0.15) is 24.0 Å². The Balaban J connectivity index is 2.37.